The van der Waals surface area contributed by atoms with Crippen molar-refractivity contribution >= 4 is 21.6 Å². The van der Waals surface area contributed by atoms with Gasteiger partial charge in [-0.2, -0.15) is 0 Å². The number of hydrogen-bond donors (Lipinski definition) is 2. The average molecular weight is 300 g/mol. The third-order valence-corrected chi connectivity index (χ3v) is 3.88. The molecule has 2 rings (SSSR count). The van der Waals surface area contributed by atoms with Gasteiger partial charge in [-0.25, -0.2) is 0 Å². The third kappa shape index (κ3) is 2.81. The molecule has 0 amide bonds. The first kappa shape index (κ1) is 12.9. The second kappa shape index (κ2) is 4.59. The van der Waals surface area contributed by atoms with Crippen LogP contribution in [0, 0.1) is 0 Å². The molecule has 1 aromatic rings. The van der Waals surface area contributed by atoms with Crippen molar-refractivity contribution in [1.29, 1.82) is 0 Å². The summed E-state index contributed by atoms with van der Waals surface area (Å²) in [7, 11) is 0. The normalized spacial score (nSPS) is 26.3. The van der Waals surface area contributed by atoms with Crippen LogP contribution in [-0.4, -0.2) is 28.9 Å². The van der Waals surface area contributed by atoms with Crippen LogP contribution in [-0.2, 0) is 0 Å². The second-order valence-corrected chi connectivity index (χ2v) is 5.91. The summed E-state index contributed by atoms with van der Waals surface area (Å²) < 4.78 is 0.966. The quantitative estimate of drug-likeness (QED) is 0.882. The highest BCUT2D eigenvalue weighted by Crippen LogP contribution is 2.33. The minimum atomic E-state index is -0.595. The van der Waals surface area contributed by atoms with E-state index in [1.165, 1.54) is 0 Å². The number of β-amino-alcohol motifs (C(OH)–C–C–N with tert-alkyl or cyclic N) is 1. The van der Waals surface area contributed by atoms with Gasteiger partial charge >= 0.3 is 0 Å². The molecule has 1 aliphatic rings. The van der Waals surface area contributed by atoms with E-state index in [9.17, 15) is 10.2 Å². The van der Waals surface area contributed by atoms with Crippen LogP contribution in [0.3, 0.4) is 0 Å². The van der Waals surface area contributed by atoms with E-state index in [1.807, 2.05) is 25.1 Å². The van der Waals surface area contributed by atoms with Crippen molar-refractivity contribution < 1.29 is 10.2 Å². The first-order valence-corrected chi connectivity index (χ1v) is 6.63. The first-order chi connectivity index (χ1) is 7.89. The highest BCUT2D eigenvalue weighted by molar-refractivity contribution is 9.10. The van der Waals surface area contributed by atoms with E-state index in [2.05, 4.69) is 20.8 Å². The van der Waals surface area contributed by atoms with E-state index >= 15 is 0 Å². The Morgan fingerprint density at radius 3 is 2.65 bits per heavy atom. The lowest BCUT2D eigenvalue weighted by atomic mass is 10.1. The molecule has 4 heteroatoms. The summed E-state index contributed by atoms with van der Waals surface area (Å²) in [6.07, 6.45) is 0.333. The lowest BCUT2D eigenvalue weighted by Gasteiger charge is -2.22. The van der Waals surface area contributed by atoms with Gasteiger partial charge in [0.1, 0.15) is 0 Å². The van der Waals surface area contributed by atoms with Crippen LogP contribution < -0.4 is 4.90 Å². The molecule has 0 aliphatic carbocycles. The van der Waals surface area contributed by atoms with Gasteiger partial charge < -0.3 is 15.1 Å². The summed E-state index contributed by atoms with van der Waals surface area (Å²) in [5, 5.41) is 19.5. The fourth-order valence-corrected chi connectivity index (χ4v) is 2.84. The van der Waals surface area contributed by atoms with E-state index in [0.29, 0.717) is 6.54 Å². The van der Waals surface area contributed by atoms with Crippen molar-refractivity contribution in [3.63, 3.8) is 0 Å². The van der Waals surface area contributed by atoms with E-state index in [-0.39, 0.29) is 0 Å². The topological polar surface area (TPSA) is 43.7 Å². The average Bonchev–Trinajstić information content (AvgIpc) is 2.58. The summed E-state index contributed by atoms with van der Waals surface area (Å²) >= 11 is 3.53. The maximum Gasteiger partial charge on any atom is 0.0810 e. The zero-order valence-corrected chi connectivity index (χ0v) is 11.7. The molecule has 0 radical (unpaired) electrons. The van der Waals surface area contributed by atoms with Crippen LogP contribution in [0.1, 0.15) is 31.9 Å². The fourth-order valence-electron chi connectivity index (χ4n) is 2.19. The minimum Gasteiger partial charge on any atom is -0.389 e. The number of anilines is 1. The Morgan fingerprint density at radius 2 is 2.18 bits per heavy atom. The Hall–Kier alpha value is -0.580. The molecule has 0 aromatic heterocycles. The van der Waals surface area contributed by atoms with Gasteiger partial charge in [-0.15, -0.1) is 0 Å². The Kier molecular flexibility index (Phi) is 3.48. The number of aliphatic hydroxyl groups is 2. The van der Waals surface area contributed by atoms with Crippen LogP contribution in [0.2, 0.25) is 0 Å². The van der Waals surface area contributed by atoms with E-state index in [0.717, 1.165) is 28.7 Å². The highest BCUT2D eigenvalue weighted by Gasteiger charge is 2.32. The molecule has 17 heavy (non-hydrogen) atoms. The fraction of sp³-hybridized carbons (Fsp3) is 0.538. The van der Waals surface area contributed by atoms with Gasteiger partial charge in [0.05, 0.1) is 17.4 Å². The van der Waals surface area contributed by atoms with Gasteiger partial charge in [-0.05, 0) is 53.9 Å². The summed E-state index contributed by atoms with van der Waals surface area (Å²) in [5.41, 5.74) is 1.38. The second-order valence-electron chi connectivity index (χ2n) is 5.06. The maximum atomic E-state index is 9.96. The molecule has 2 N–H and O–H groups in total. The molecule has 1 aromatic carbocycles. The molecule has 0 bridgehead atoms. The van der Waals surface area contributed by atoms with Gasteiger partial charge in [-0.1, -0.05) is 6.07 Å². The number of aliphatic hydroxyl groups excluding tert-OH is 1. The number of benzene rings is 1. The first-order valence-electron chi connectivity index (χ1n) is 5.84. The number of nitrogens with zero attached hydrogens (tertiary/aromatic N) is 1. The Balaban J connectivity index is 2.23. The molecule has 94 valence electrons. The molecular formula is C13H18BrNO2. The largest absolute Gasteiger partial charge is 0.389 e. The molecular weight excluding hydrogens is 282 g/mol. The maximum absolute atomic E-state index is 9.96. The molecule has 1 heterocycles. The van der Waals surface area contributed by atoms with Crippen molar-refractivity contribution in [2.24, 2.45) is 0 Å². The predicted molar refractivity (Wildman–Crippen MR) is 72.2 cm³/mol. The molecule has 2 atom stereocenters. The predicted octanol–water partition coefficient (Wildman–Crippen LogP) is 2.46. The Labute approximate surface area is 110 Å². The van der Waals surface area contributed by atoms with Crippen LogP contribution in [0.15, 0.2) is 22.7 Å². The van der Waals surface area contributed by atoms with Gasteiger partial charge in [0.2, 0.25) is 0 Å². The zero-order valence-electron chi connectivity index (χ0n) is 10.2. The van der Waals surface area contributed by atoms with Crippen molar-refractivity contribution in [3.8, 4) is 0 Å². The Morgan fingerprint density at radius 1 is 1.47 bits per heavy atom. The zero-order chi connectivity index (χ0) is 12.6. The molecule has 2 unspecified atom stereocenters. The monoisotopic (exact) mass is 299 g/mol. The molecule has 0 saturated carbocycles. The molecule has 1 fully saturated rings. The number of rotatable bonds is 2. The standard InChI is InChI=1S/C13H18BrNO2/c1-9(16)10-3-4-12(11(14)7-10)15-6-5-13(2,17)8-15/h3-4,7,9,16-17H,5-6,8H2,1-2H3. The van der Waals surface area contributed by atoms with Crippen molar-refractivity contribution in [3.05, 3.63) is 28.2 Å². The lowest BCUT2D eigenvalue weighted by Crippen LogP contribution is -2.29. The SMILES string of the molecule is CC(O)c1ccc(N2CCC(C)(O)C2)c(Br)c1. The van der Waals surface area contributed by atoms with Crippen LogP contribution in [0.4, 0.5) is 5.69 Å². The van der Waals surface area contributed by atoms with Crippen molar-refractivity contribution in [2.45, 2.75) is 32.0 Å². The van der Waals surface area contributed by atoms with E-state index in [4.69, 9.17) is 0 Å². The van der Waals surface area contributed by atoms with Crippen molar-refractivity contribution in [2.75, 3.05) is 18.0 Å². The highest BCUT2D eigenvalue weighted by atomic mass is 79.9. The van der Waals surface area contributed by atoms with Crippen LogP contribution in [0.5, 0.6) is 0 Å². The number of hydrogen-bond acceptors (Lipinski definition) is 3. The number of halogens is 1. The van der Waals surface area contributed by atoms with Gasteiger partial charge in [0, 0.05) is 17.6 Å². The Bertz CT molecular complexity index is 418. The third-order valence-electron chi connectivity index (χ3n) is 3.25. The van der Waals surface area contributed by atoms with Crippen LogP contribution in [0.25, 0.3) is 0 Å². The molecule has 1 saturated heterocycles. The summed E-state index contributed by atoms with van der Waals surface area (Å²) in [6, 6.07) is 5.86. The van der Waals surface area contributed by atoms with E-state index in [1.54, 1.807) is 6.92 Å². The minimum absolute atomic E-state index is 0.456. The summed E-state index contributed by atoms with van der Waals surface area (Å²) in [6.45, 7) is 5.13. The molecule has 3 nitrogen and oxygen atoms in total. The summed E-state index contributed by atoms with van der Waals surface area (Å²) in [4.78, 5) is 2.16. The van der Waals surface area contributed by atoms with Crippen LogP contribution >= 0.6 is 15.9 Å². The summed E-state index contributed by atoms with van der Waals surface area (Å²) in [5.74, 6) is 0. The van der Waals surface area contributed by atoms with Crippen molar-refractivity contribution in [1.82, 2.24) is 0 Å². The smallest absolute Gasteiger partial charge is 0.0810 e. The molecule has 0 spiro atoms. The van der Waals surface area contributed by atoms with Gasteiger partial charge in [0.25, 0.3) is 0 Å². The molecule has 1 aliphatic heterocycles. The van der Waals surface area contributed by atoms with E-state index < -0.39 is 11.7 Å². The lowest BCUT2D eigenvalue weighted by molar-refractivity contribution is 0.0839. The van der Waals surface area contributed by atoms with Gasteiger partial charge in [-0.3, -0.25) is 0 Å². The van der Waals surface area contributed by atoms with Gasteiger partial charge in [0.15, 0.2) is 0 Å².